The molecular weight excluding hydrogens is 434 g/mol. The number of benzene rings is 1. The molecule has 1 amide bonds. The molecule has 1 fully saturated rings. The SMILES string of the molecule is Cc1ccc(C)c(Cn2c(=O)n(CC3CCC(C(=O)NC(C)C)CC3)c(=O)c3sccc32)c1. The largest absolute Gasteiger partial charge is 0.354 e. The summed E-state index contributed by atoms with van der Waals surface area (Å²) in [6.45, 7) is 8.90. The van der Waals surface area contributed by atoms with E-state index < -0.39 is 0 Å². The Morgan fingerprint density at radius 1 is 1.09 bits per heavy atom. The Morgan fingerprint density at radius 3 is 2.52 bits per heavy atom. The lowest BCUT2D eigenvalue weighted by Crippen LogP contribution is -2.42. The molecule has 0 bridgehead atoms. The van der Waals surface area contributed by atoms with Crippen molar-refractivity contribution in [3.05, 3.63) is 67.2 Å². The predicted molar refractivity (Wildman–Crippen MR) is 134 cm³/mol. The number of rotatable bonds is 6. The monoisotopic (exact) mass is 467 g/mol. The molecule has 7 heteroatoms. The minimum Gasteiger partial charge on any atom is -0.354 e. The van der Waals surface area contributed by atoms with Crippen LogP contribution in [-0.4, -0.2) is 21.1 Å². The van der Waals surface area contributed by atoms with Gasteiger partial charge in [0.25, 0.3) is 5.56 Å². The van der Waals surface area contributed by atoms with Gasteiger partial charge in [-0.3, -0.25) is 18.7 Å². The normalized spacial score (nSPS) is 18.7. The third kappa shape index (κ3) is 4.98. The lowest BCUT2D eigenvalue weighted by Gasteiger charge is -2.28. The van der Waals surface area contributed by atoms with Gasteiger partial charge in [0.2, 0.25) is 5.91 Å². The first-order valence-electron chi connectivity index (χ1n) is 11.8. The van der Waals surface area contributed by atoms with Crippen LogP contribution < -0.4 is 16.6 Å². The van der Waals surface area contributed by atoms with Crippen molar-refractivity contribution in [2.75, 3.05) is 0 Å². The van der Waals surface area contributed by atoms with Crippen LogP contribution in [0.3, 0.4) is 0 Å². The number of carbonyl (C=O) groups is 1. The van der Waals surface area contributed by atoms with Gasteiger partial charge < -0.3 is 5.32 Å². The van der Waals surface area contributed by atoms with Gasteiger partial charge in [0.1, 0.15) is 4.70 Å². The second-order valence-electron chi connectivity index (χ2n) is 9.73. The molecule has 6 nitrogen and oxygen atoms in total. The molecule has 1 N–H and O–H groups in total. The van der Waals surface area contributed by atoms with Crippen molar-refractivity contribution in [2.45, 2.75) is 72.5 Å². The van der Waals surface area contributed by atoms with Gasteiger partial charge in [0, 0.05) is 18.5 Å². The molecule has 1 aromatic carbocycles. The third-order valence-electron chi connectivity index (χ3n) is 6.76. The molecule has 2 aromatic heterocycles. The highest BCUT2D eigenvalue weighted by Crippen LogP contribution is 2.30. The van der Waals surface area contributed by atoms with Gasteiger partial charge >= 0.3 is 5.69 Å². The summed E-state index contributed by atoms with van der Waals surface area (Å²) in [5.41, 5.74) is 3.64. The average Bonchev–Trinajstić information content (AvgIpc) is 3.26. The standard InChI is InChI=1S/C26H33N3O3S/c1-16(2)27-24(30)20-9-7-19(8-10-20)14-29-25(31)23-22(11-12-33-23)28(26(29)32)15-21-13-17(3)5-6-18(21)4/h5-6,11-13,16,19-20H,7-10,14-15H2,1-4H3,(H,27,30). The molecule has 1 saturated carbocycles. The second-order valence-corrected chi connectivity index (χ2v) is 10.6. The maximum Gasteiger partial charge on any atom is 0.331 e. The minimum atomic E-state index is -0.244. The summed E-state index contributed by atoms with van der Waals surface area (Å²) in [6, 6.07) is 8.27. The summed E-state index contributed by atoms with van der Waals surface area (Å²) in [5, 5.41) is 4.89. The predicted octanol–water partition coefficient (Wildman–Crippen LogP) is 4.22. The maximum absolute atomic E-state index is 13.5. The number of hydrogen-bond donors (Lipinski definition) is 1. The van der Waals surface area contributed by atoms with E-state index in [0.717, 1.165) is 42.4 Å². The number of aryl methyl sites for hydroxylation is 2. The van der Waals surface area contributed by atoms with Gasteiger partial charge in [0.15, 0.2) is 0 Å². The van der Waals surface area contributed by atoms with Gasteiger partial charge in [-0.1, -0.05) is 23.8 Å². The molecule has 4 rings (SSSR count). The van der Waals surface area contributed by atoms with Crippen molar-refractivity contribution in [3.8, 4) is 0 Å². The number of nitrogens with zero attached hydrogens (tertiary/aromatic N) is 2. The van der Waals surface area contributed by atoms with E-state index in [1.54, 1.807) is 4.57 Å². The second kappa shape index (κ2) is 9.67. The van der Waals surface area contributed by atoms with Crippen LogP contribution in [0.5, 0.6) is 0 Å². The fourth-order valence-corrected chi connectivity index (χ4v) is 5.70. The van der Waals surface area contributed by atoms with Gasteiger partial charge in [0.05, 0.1) is 12.1 Å². The molecule has 0 unspecified atom stereocenters. The molecule has 0 aliphatic heterocycles. The van der Waals surface area contributed by atoms with Crippen molar-refractivity contribution in [3.63, 3.8) is 0 Å². The Hall–Kier alpha value is -2.67. The first-order valence-corrected chi connectivity index (χ1v) is 12.7. The first kappa shape index (κ1) is 23.5. The van der Waals surface area contributed by atoms with Crippen molar-refractivity contribution < 1.29 is 4.79 Å². The third-order valence-corrected chi connectivity index (χ3v) is 7.65. The van der Waals surface area contributed by atoms with E-state index in [1.165, 1.54) is 15.9 Å². The van der Waals surface area contributed by atoms with Crippen LogP contribution in [0, 0.1) is 25.7 Å². The average molecular weight is 468 g/mol. The number of aromatic nitrogens is 2. The summed E-state index contributed by atoms with van der Waals surface area (Å²) in [7, 11) is 0. The first-order chi connectivity index (χ1) is 15.7. The van der Waals surface area contributed by atoms with Crippen LogP contribution >= 0.6 is 11.3 Å². The Bertz CT molecular complexity index is 1280. The molecule has 0 saturated heterocycles. The summed E-state index contributed by atoms with van der Waals surface area (Å²) in [4.78, 5) is 39.1. The molecule has 0 atom stereocenters. The molecule has 33 heavy (non-hydrogen) atoms. The Labute approximate surface area is 198 Å². The van der Waals surface area contributed by atoms with Gasteiger partial charge in [-0.15, -0.1) is 11.3 Å². The van der Waals surface area contributed by atoms with E-state index in [9.17, 15) is 14.4 Å². The molecular formula is C26H33N3O3S. The number of nitrogens with one attached hydrogen (secondary N) is 1. The summed E-state index contributed by atoms with van der Waals surface area (Å²) in [6.07, 6.45) is 3.30. The van der Waals surface area contributed by atoms with Crippen LogP contribution in [-0.2, 0) is 17.9 Å². The summed E-state index contributed by atoms with van der Waals surface area (Å²) < 4.78 is 3.81. The van der Waals surface area contributed by atoms with Crippen LogP contribution in [0.15, 0.2) is 39.2 Å². The highest BCUT2D eigenvalue weighted by molar-refractivity contribution is 7.17. The quantitative estimate of drug-likeness (QED) is 0.590. The fraction of sp³-hybridized carbons (Fsp3) is 0.500. The zero-order valence-electron chi connectivity index (χ0n) is 19.9. The van der Waals surface area contributed by atoms with Gasteiger partial charge in [-0.25, -0.2) is 4.79 Å². The van der Waals surface area contributed by atoms with E-state index >= 15 is 0 Å². The van der Waals surface area contributed by atoms with E-state index in [2.05, 4.69) is 30.4 Å². The smallest absolute Gasteiger partial charge is 0.331 e. The number of hydrogen-bond acceptors (Lipinski definition) is 4. The summed E-state index contributed by atoms with van der Waals surface area (Å²) >= 11 is 1.39. The lowest BCUT2D eigenvalue weighted by atomic mass is 9.81. The summed E-state index contributed by atoms with van der Waals surface area (Å²) in [5.74, 6) is 0.377. The van der Waals surface area contributed by atoms with Crippen molar-refractivity contribution in [1.29, 1.82) is 0 Å². The molecule has 0 radical (unpaired) electrons. The van der Waals surface area contributed by atoms with Crippen LogP contribution in [0.4, 0.5) is 0 Å². The zero-order valence-corrected chi connectivity index (χ0v) is 20.7. The number of carbonyl (C=O) groups excluding carboxylic acids is 1. The van der Waals surface area contributed by atoms with Crippen LogP contribution in [0.1, 0.15) is 56.2 Å². The van der Waals surface area contributed by atoms with Crippen LogP contribution in [0.25, 0.3) is 10.2 Å². The van der Waals surface area contributed by atoms with E-state index in [4.69, 9.17) is 0 Å². The number of thiophene rings is 1. The van der Waals surface area contributed by atoms with E-state index in [-0.39, 0.29) is 35.0 Å². The van der Waals surface area contributed by atoms with Gasteiger partial charge in [-0.05, 0) is 81.9 Å². The molecule has 176 valence electrons. The van der Waals surface area contributed by atoms with Crippen molar-refractivity contribution in [2.24, 2.45) is 11.8 Å². The van der Waals surface area contributed by atoms with Crippen molar-refractivity contribution >= 4 is 27.5 Å². The van der Waals surface area contributed by atoms with E-state index in [0.29, 0.717) is 23.3 Å². The van der Waals surface area contributed by atoms with E-state index in [1.807, 2.05) is 32.2 Å². The Balaban J connectivity index is 1.60. The maximum atomic E-state index is 13.5. The number of amides is 1. The molecule has 1 aliphatic carbocycles. The molecule has 3 aromatic rings. The molecule has 0 spiro atoms. The van der Waals surface area contributed by atoms with Gasteiger partial charge in [-0.2, -0.15) is 0 Å². The lowest BCUT2D eigenvalue weighted by molar-refractivity contribution is -0.126. The molecule has 2 heterocycles. The Kier molecular flexibility index (Phi) is 6.88. The van der Waals surface area contributed by atoms with Crippen molar-refractivity contribution in [1.82, 2.24) is 14.5 Å². The molecule has 1 aliphatic rings. The van der Waals surface area contributed by atoms with Crippen LogP contribution in [0.2, 0.25) is 0 Å². The number of fused-ring (bicyclic) bond motifs is 1. The highest BCUT2D eigenvalue weighted by Gasteiger charge is 2.28. The Morgan fingerprint density at radius 2 is 1.82 bits per heavy atom. The highest BCUT2D eigenvalue weighted by atomic mass is 32.1. The minimum absolute atomic E-state index is 0.0288. The topological polar surface area (TPSA) is 73.1 Å². The zero-order chi connectivity index (χ0) is 23.7. The fourth-order valence-electron chi connectivity index (χ4n) is 4.86.